The van der Waals surface area contributed by atoms with Crippen molar-refractivity contribution in [2.24, 2.45) is 0 Å². The van der Waals surface area contributed by atoms with Crippen LogP contribution in [0.2, 0.25) is 0 Å². The summed E-state index contributed by atoms with van der Waals surface area (Å²) >= 11 is 0. The second kappa shape index (κ2) is 7.51. The van der Waals surface area contributed by atoms with Crippen LogP contribution in [-0.2, 0) is 4.79 Å². The standard InChI is InChI=1S/C20H19NO3/c1-2-23-16-10-12-17(13-11-16)24-14-20(22)21-19-9-5-7-15-6-3-4-8-18(15)19/h3-13H,2,14H2,1H3,(H,21,22). The van der Waals surface area contributed by atoms with Crippen molar-refractivity contribution in [1.82, 2.24) is 0 Å². The molecule has 0 aliphatic heterocycles. The number of benzene rings is 3. The maximum atomic E-state index is 12.1. The topological polar surface area (TPSA) is 47.6 Å². The maximum absolute atomic E-state index is 12.1. The highest BCUT2D eigenvalue weighted by atomic mass is 16.5. The summed E-state index contributed by atoms with van der Waals surface area (Å²) in [5, 5.41) is 4.99. The monoisotopic (exact) mass is 321 g/mol. The maximum Gasteiger partial charge on any atom is 0.262 e. The van der Waals surface area contributed by atoms with Crippen LogP contribution in [-0.4, -0.2) is 19.1 Å². The number of hydrogen-bond acceptors (Lipinski definition) is 3. The second-order valence-electron chi connectivity index (χ2n) is 5.27. The predicted octanol–water partition coefficient (Wildman–Crippen LogP) is 4.26. The highest BCUT2D eigenvalue weighted by Gasteiger charge is 2.06. The number of nitrogens with one attached hydrogen (secondary N) is 1. The third-order valence-electron chi connectivity index (χ3n) is 3.57. The minimum atomic E-state index is -0.194. The fourth-order valence-electron chi connectivity index (χ4n) is 2.47. The summed E-state index contributed by atoms with van der Waals surface area (Å²) in [6, 6.07) is 21.0. The van der Waals surface area contributed by atoms with E-state index in [9.17, 15) is 4.79 Å². The van der Waals surface area contributed by atoms with E-state index in [1.165, 1.54) is 0 Å². The first-order valence-electron chi connectivity index (χ1n) is 7.89. The van der Waals surface area contributed by atoms with Crippen LogP contribution in [0.25, 0.3) is 10.8 Å². The SMILES string of the molecule is CCOc1ccc(OCC(=O)Nc2cccc3ccccc23)cc1. The minimum absolute atomic E-state index is 0.0444. The summed E-state index contributed by atoms with van der Waals surface area (Å²) < 4.78 is 10.9. The van der Waals surface area contributed by atoms with Gasteiger partial charge < -0.3 is 14.8 Å². The van der Waals surface area contributed by atoms with Crippen molar-refractivity contribution in [3.05, 3.63) is 66.7 Å². The molecular weight excluding hydrogens is 302 g/mol. The molecule has 0 atom stereocenters. The zero-order chi connectivity index (χ0) is 16.8. The van der Waals surface area contributed by atoms with Gasteiger partial charge in [-0.2, -0.15) is 0 Å². The van der Waals surface area contributed by atoms with Gasteiger partial charge in [-0.05, 0) is 42.6 Å². The molecule has 0 heterocycles. The van der Waals surface area contributed by atoms with E-state index in [0.29, 0.717) is 12.4 Å². The number of carbonyl (C=O) groups is 1. The zero-order valence-electron chi connectivity index (χ0n) is 13.5. The zero-order valence-corrected chi connectivity index (χ0v) is 13.5. The number of carbonyl (C=O) groups excluding carboxylic acids is 1. The van der Waals surface area contributed by atoms with Gasteiger partial charge in [0.15, 0.2) is 6.61 Å². The van der Waals surface area contributed by atoms with Crippen molar-refractivity contribution in [1.29, 1.82) is 0 Å². The van der Waals surface area contributed by atoms with E-state index < -0.39 is 0 Å². The second-order valence-corrected chi connectivity index (χ2v) is 5.27. The van der Waals surface area contributed by atoms with Crippen LogP contribution in [0.3, 0.4) is 0 Å². The Balaban J connectivity index is 1.61. The molecule has 3 aromatic carbocycles. The predicted molar refractivity (Wildman–Crippen MR) is 95.7 cm³/mol. The van der Waals surface area contributed by atoms with Crippen molar-refractivity contribution in [2.45, 2.75) is 6.92 Å². The molecule has 24 heavy (non-hydrogen) atoms. The van der Waals surface area contributed by atoms with Crippen LogP contribution in [0.1, 0.15) is 6.92 Å². The molecule has 0 fully saturated rings. The summed E-state index contributed by atoms with van der Waals surface area (Å²) in [6.45, 7) is 2.51. The summed E-state index contributed by atoms with van der Waals surface area (Å²) in [4.78, 5) is 12.1. The first-order valence-corrected chi connectivity index (χ1v) is 7.89. The Morgan fingerprint density at radius 2 is 1.54 bits per heavy atom. The van der Waals surface area contributed by atoms with Gasteiger partial charge in [0, 0.05) is 11.1 Å². The van der Waals surface area contributed by atoms with Crippen LogP contribution < -0.4 is 14.8 Å². The lowest BCUT2D eigenvalue weighted by Gasteiger charge is -2.10. The lowest BCUT2D eigenvalue weighted by Crippen LogP contribution is -2.20. The molecule has 122 valence electrons. The van der Waals surface area contributed by atoms with Crippen LogP contribution in [0.15, 0.2) is 66.7 Å². The van der Waals surface area contributed by atoms with Crippen molar-refractivity contribution >= 4 is 22.4 Å². The highest BCUT2D eigenvalue weighted by Crippen LogP contribution is 2.23. The lowest BCUT2D eigenvalue weighted by atomic mass is 10.1. The molecule has 0 unspecified atom stereocenters. The quantitative estimate of drug-likeness (QED) is 0.738. The molecule has 3 rings (SSSR count). The van der Waals surface area contributed by atoms with Gasteiger partial charge in [0.1, 0.15) is 11.5 Å². The number of anilines is 1. The van der Waals surface area contributed by atoms with E-state index in [1.807, 2.05) is 61.5 Å². The van der Waals surface area contributed by atoms with Gasteiger partial charge in [0.25, 0.3) is 5.91 Å². The van der Waals surface area contributed by atoms with E-state index in [2.05, 4.69) is 5.32 Å². The molecule has 4 heteroatoms. The Labute approximate surface area is 141 Å². The molecule has 0 aliphatic carbocycles. The smallest absolute Gasteiger partial charge is 0.262 e. The van der Waals surface area contributed by atoms with Gasteiger partial charge in [-0.15, -0.1) is 0 Å². The van der Waals surface area contributed by atoms with Gasteiger partial charge in [-0.1, -0.05) is 36.4 Å². The lowest BCUT2D eigenvalue weighted by molar-refractivity contribution is -0.118. The van der Waals surface area contributed by atoms with Crippen molar-refractivity contribution < 1.29 is 14.3 Å². The molecule has 0 aliphatic rings. The van der Waals surface area contributed by atoms with Gasteiger partial charge in [-0.25, -0.2) is 0 Å². The van der Waals surface area contributed by atoms with Gasteiger partial charge >= 0.3 is 0 Å². The van der Waals surface area contributed by atoms with Crippen LogP contribution in [0.4, 0.5) is 5.69 Å². The summed E-state index contributed by atoms with van der Waals surface area (Å²) in [5.41, 5.74) is 0.786. The third-order valence-corrected chi connectivity index (χ3v) is 3.57. The summed E-state index contributed by atoms with van der Waals surface area (Å²) in [7, 11) is 0. The number of fused-ring (bicyclic) bond motifs is 1. The third kappa shape index (κ3) is 3.84. The van der Waals surface area contributed by atoms with Crippen molar-refractivity contribution in [2.75, 3.05) is 18.5 Å². The molecule has 0 aromatic heterocycles. The average molecular weight is 321 g/mol. The number of amides is 1. The van der Waals surface area contributed by atoms with Gasteiger partial charge in [0.05, 0.1) is 6.61 Å². The fraction of sp³-hybridized carbons (Fsp3) is 0.150. The molecular formula is C20H19NO3. The van der Waals surface area contributed by atoms with Gasteiger partial charge in [-0.3, -0.25) is 4.79 Å². The molecule has 3 aromatic rings. The Morgan fingerprint density at radius 3 is 2.29 bits per heavy atom. The largest absolute Gasteiger partial charge is 0.494 e. The van der Waals surface area contributed by atoms with Crippen molar-refractivity contribution in [3.8, 4) is 11.5 Å². The Morgan fingerprint density at radius 1 is 0.875 bits per heavy atom. The molecule has 1 amide bonds. The van der Waals surface area contributed by atoms with Crippen LogP contribution in [0, 0.1) is 0 Å². The molecule has 0 bridgehead atoms. The van der Waals surface area contributed by atoms with Crippen molar-refractivity contribution in [3.63, 3.8) is 0 Å². The Bertz CT molecular complexity index is 822. The minimum Gasteiger partial charge on any atom is -0.494 e. The fourth-order valence-corrected chi connectivity index (χ4v) is 2.47. The normalized spacial score (nSPS) is 10.4. The van der Waals surface area contributed by atoms with E-state index in [4.69, 9.17) is 9.47 Å². The highest BCUT2D eigenvalue weighted by molar-refractivity contribution is 6.02. The molecule has 0 saturated carbocycles. The summed E-state index contributed by atoms with van der Waals surface area (Å²) in [6.07, 6.45) is 0. The molecule has 4 nitrogen and oxygen atoms in total. The molecule has 0 saturated heterocycles. The van der Waals surface area contributed by atoms with Crippen LogP contribution in [0.5, 0.6) is 11.5 Å². The Kier molecular flexibility index (Phi) is 4.96. The van der Waals surface area contributed by atoms with E-state index in [-0.39, 0.29) is 12.5 Å². The molecule has 0 radical (unpaired) electrons. The van der Waals surface area contributed by atoms with Crippen LogP contribution >= 0.6 is 0 Å². The molecule has 0 spiro atoms. The van der Waals surface area contributed by atoms with E-state index >= 15 is 0 Å². The average Bonchev–Trinajstić information content (AvgIpc) is 2.62. The van der Waals surface area contributed by atoms with E-state index in [0.717, 1.165) is 22.2 Å². The number of hydrogen-bond donors (Lipinski definition) is 1. The molecule has 1 N–H and O–H groups in total. The summed E-state index contributed by atoms with van der Waals surface area (Å²) in [5.74, 6) is 1.22. The number of ether oxygens (including phenoxy) is 2. The first kappa shape index (κ1) is 15.9. The number of rotatable bonds is 6. The Hall–Kier alpha value is -3.01. The first-order chi connectivity index (χ1) is 11.8. The van der Waals surface area contributed by atoms with Gasteiger partial charge in [0.2, 0.25) is 0 Å². The van der Waals surface area contributed by atoms with E-state index in [1.54, 1.807) is 12.1 Å².